The summed E-state index contributed by atoms with van der Waals surface area (Å²) in [7, 11) is -5.13. The molecule has 0 saturated heterocycles. The van der Waals surface area contributed by atoms with Gasteiger partial charge in [0.25, 0.3) is 0 Å². The van der Waals surface area contributed by atoms with Gasteiger partial charge in [0.1, 0.15) is 0 Å². The van der Waals surface area contributed by atoms with E-state index >= 15 is 0 Å². The van der Waals surface area contributed by atoms with E-state index in [-0.39, 0.29) is 16.7 Å². The maximum atomic E-state index is 12.0. The number of ether oxygens (including phenoxy) is 3. The van der Waals surface area contributed by atoms with Crippen LogP contribution >= 0.6 is 7.82 Å². The van der Waals surface area contributed by atoms with Gasteiger partial charge in [0.05, 0.1) is 0 Å². The van der Waals surface area contributed by atoms with Crippen LogP contribution in [0.2, 0.25) is 0 Å². The highest BCUT2D eigenvalue weighted by atomic mass is 31.2. The molecule has 0 fully saturated rings. The van der Waals surface area contributed by atoms with E-state index in [1.807, 2.05) is 0 Å². The summed E-state index contributed by atoms with van der Waals surface area (Å²) in [6, 6.07) is 0. The van der Waals surface area contributed by atoms with Crippen molar-refractivity contribution in [3.05, 3.63) is 49.1 Å². The van der Waals surface area contributed by atoms with Gasteiger partial charge in [-0.3, -0.25) is 9.42 Å². The lowest BCUT2D eigenvalue weighted by Crippen LogP contribution is -2.48. The molecule has 0 radical (unpaired) electrons. The number of hydrogen-bond donors (Lipinski definition) is 1. The average Bonchev–Trinajstić information content (AvgIpc) is 2.59. The van der Waals surface area contributed by atoms with Crippen LogP contribution in [0.15, 0.2) is 49.1 Å². The van der Waals surface area contributed by atoms with Gasteiger partial charge in [-0.05, 0) is 20.8 Å². The number of rotatable bonds is 11. The Morgan fingerprint density at radius 2 is 1.24 bits per heavy atom. The smallest absolute Gasteiger partial charge is 0.383 e. The molecule has 0 aliphatic rings. The first-order valence-electron chi connectivity index (χ1n) is 7.64. The van der Waals surface area contributed by atoms with Crippen LogP contribution in [-0.4, -0.2) is 41.4 Å². The molecule has 1 unspecified atom stereocenters. The van der Waals surface area contributed by atoms with Gasteiger partial charge in [0.2, 0.25) is 0 Å². The Balaban J connectivity index is 6.05. The summed E-state index contributed by atoms with van der Waals surface area (Å²) in [5.41, 5.74) is -0.632. The van der Waals surface area contributed by atoms with E-state index in [1.165, 1.54) is 20.8 Å². The Bertz CT molecular complexity index is 739. The average molecular weight is 432 g/mol. The van der Waals surface area contributed by atoms with Gasteiger partial charge in [-0.25, -0.2) is 23.7 Å². The van der Waals surface area contributed by atoms with Gasteiger partial charge in [-0.2, -0.15) is 0 Å². The van der Waals surface area contributed by atoms with Crippen molar-refractivity contribution < 1.29 is 51.9 Å². The van der Waals surface area contributed by atoms with Gasteiger partial charge in [-0.15, -0.1) is 0 Å². The molecule has 11 nitrogen and oxygen atoms in total. The minimum absolute atomic E-state index is 0.211. The molecule has 0 aliphatic heterocycles. The quantitative estimate of drug-likeness (QED) is 0.220. The number of phosphoric ester groups is 1. The number of carbonyl (C=O) groups is 4. The maximum absolute atomic E-state index is 12.0. The van der Waals surface area contributed by atoms with E-state index in [0.29, 0.717) is 6.08 Å². The van der Waals surface area contributed by atoms with Gasteiger partial charge in [0.15, 0.2) is 6.61 Å². The first kappa shape index (κ1) is 26.0. The van der Waals surface area contributed by atoms with Crippen LogP contribution in [0.25, 0.3) is 0 Å². The Hall–Kier alpha value is -3.01. The van der Waals surface area contributed by atoms with E-state index in [2.05, 4.69) is 35.4 Å². The molecule has 29 heavy (non-hydrogen) atoms. The van der Waals surface area contributed by atoms with Gasteiger partial charge >= 0.3 is 37.7 Å². The molecule has 0 saturated carbocycles. The number of phosphoric acid groups is 1. The lowest BCUT2D eigenvalue weighted by atomic mass is 10.3. The molecule has 12 heteroatoms. The predicted molar refractivity (Wildman–Crippen MR) is 97.5 cm³/mol. The van der Waals surface area contributed by atoms with E-state index in [1.54, 1.807) is 0 Å². The maximum Gasteiger partial charge on any atom is 0.530 e. The zero-order chi connectivity index (χ0) is 23.0. The Morgan fingerprint density at radius 1 is 0.897 bits per heavy atom. The summed E-state index contributed by atoms with van der Waals surface area (Å²) in [5.74, 6) is -7.96. The van der Waals surface area contributed by atoms with Crippen LogP contribution in [-0.2, 0) is 47.0 Å². The summed E-state index contributed by atoms with van der Waals surface area (Å²) in [4.78, 5) is 56.6. The second-order valence-electron chi connectivity index (χ2n) is 5.55. The predicted octanol–water partition coefficient (Wildman–Crippen LogP) is 1.84. The van der Waals surface area contributed by atoms with Gasteiger partial charge in [-0.1, -0.05) is 26.3 Å². The third-order valence-electron chi connectivity index (χ3n) is 2.57. The molecule has 0 heterocycles. The molecule has 1 atom stereocenters. The molecule has 0 bridgehead atoms. The topological polar surface area (TPSA) is 152 Å². The van der Waals surface area contributed by atoms with E-state index in [4.69, 9.17) is 14.2 Å². The van der Waals surface area contributed by atoms with Crippen LogP contribution in [0.4, 0.5) is 0 Å². The Labute approximate surface area is 166 Å². The van der Waals surface area contributed by atoms with Gasteiger partial charge in [0, 0.05) is 22.8 Å². The first-order chi connectivity index (χ1) is 13.1. The van der Waals surface area contributed by atoms with Crippen molar-refractivity contribution >= 4 is 31.7 Å². The minimum atomic E-state index is -5.13. The van der Waals surface area contributed by atoms with E-state index < -0.39 is 44.3 Å². The normalized spacial score (nSPS) is 12.6. The summed E-state index contributed by atoms with van der Waals surface area (Å²) in [6.45, 7) is 15.3. The second-order valence-corrected chi connectivity index (χ2v) is 6.93. The molecule has 0 spiro atoms. The van der Waals surface area contributed by atoms with Crippen LogP contribution in [0, 0.1) is 0 Å². The molecule has 0 aromatic heterocycles. The Morgan fingerprint density at radius 3 is 1.52 bits per heavy atom. The third-order valence-corrected chi connectivity index (χ3v) is 3.43. The van der Waals surface area contributed by atoms with Crippen molar-refractivity contribution in [1.29, 1.82) is 0 Å². The van der Waals surface area contributed by atoms with Crippen molar-refractivity contribution in [2.75, 3.05) is 6.61 Å². The molecule has 0 aromatic carbocycles. The largest absolute Gasteiger partial charge is 0.530 e. The van der Waals surface area contributed by atoms with Crippen LogP contribution in [0.1, 0.15) is 20.8 Å². The molecule has 0 aromatic rings. The summed E-state index contributed by atoms with van der Waals surface area (Å²) in [6.07, 6.45) is 0.572. The Kier molecular flexibility index (Phi) is 9.42. The fourth-order valence-corrected chi connectivity index (χ4v) is 1.85. The lowest BCUT2D eigenvalue weighted by molar-refractivity contribution is -0.335. The molecular formula is C17H21O11P. The monoisotopic (exact) mass is 432 g/mol. The molecule has 1 N–H and O–H groups in total. The molecule has 160 valence electrons. The van der Waals surface area contributed by atoms with Crippen LogP contribution in [0.5, 0.6) is 0 Å². The zero-order valence-corrected chi connectivity index (χ0v) is 17.0. The third kappa shape index (κ3) is 9.15. The highest BCUT2D eigenvalue weighted by Crippen LogP contribution is 2.44. The molecular weight excluding hydrogens is 411 g/mol. The number of hydrogen-bond acceptors (Lipinski definition) is 10. The zero-order valence-electron chi connectivity index (χ0n) is 16.1. The summed E-state index contributed by atoms with van der Waals surface area (Å²) >= 11 is 0. The van der Waals surface area contributed by atoms with E-state index in [9.17, 15) is 28.6 Å². The second kappa shape index (κ2) is 10.5. The highest BCUT2D eigenvalue weighted by molar-refractivity contribution is 7.48. The van der Waals surface area contributed by atoms with E-state index in [0.717, 1.165) is 0 Å². The number of esters is 3. The first-order valence-corrected chi connectivity index (χ1v) is 9.14. The number of carbonyl (C=O) groups excluding carboxylic acids is 4. The van der Waals surface area contributed by atoms with Crippen molar-refractivity contribution in [3.63, 3.8) is 0 Å². The van der Waals surface area contributed by atoms with Gasteiger partial charge < -0.3 is 18.7 Å². The minimum Gasteiger partial charge on any atom is -0.383 e. The van der Waals surface area contributed by atoms with Crippen LogP contribution in [0.3, 0.4) is 0 Å². The van der Waals surface area contributed by atoms with Crippen molar-refractivity contribution in [1.82, 2.24) is 0 Å². The standard InChI is InChI=1S/C17H21O11P/c1-8-13(18)28-29(22,23)24-9-17(25-14(19)10(2)3,26-15(20)11(4)5)27-16(21)12(6)7/h8H,1-2,4,6,9H2,3,5,7H3,(H,22,23). The summed E-state index contributed by atoms with van der Waals surface area (Å²) < 4.78 is 35.0. The molecule has 0 rings (SSSR count). The summed E-state index contributed by atoms with van der Waals surface area (Å²) in [5, 5.41) is 0. The van der Waals surface area contributed by atoms with Crippen LogP contribution < -0.4 is 0 Å². The lowest BCUT2D eigenvalue weighted by Gasteiger charge is -2.31. The SMILES string of the molecule is C=CC(=O)OP(=O)(O)OCC(OC(=O)C(=C)C)(OC(=O)C(=C)C)OC(=O)C(=C)C. The highest BCUT2D eigenvalue weighted by Gasteiger charge is 2.47. The van der Waals surface area contributed by atoms with Crippen molar-refractivity contribution in [2.24, 2.45) is 0 Å². The van der Waals surface area contributed by atoms with Crippen molar-refractivity contribution in [2.45, 2.75) is 26.7 Å². The molecule has 0 amide bonds. The van der Waals surface area contributed by atoms with Crippen molar-refractivity contribution in [3.8, 4) is 0 Å². The fourth-order valence-electron chi connectivity index (χ4n) is 1.17. The fraction of sp³-hybridized carbons (Fsp3) is 0.294. The molecule has 0 aliphatic carbocycles.